The first kappa shape index (κ1) is 82.7. The number of carbonyl (C=O) groups excluding carboxylic acids is 8. The molecule has 2 aliphatic heterocycles. The van der Waals surface area contributed by atoms with Gasteiger partial charge in [0.15, 0.2) is 0 Å². The third-order valence-corrected chi connectivity index (χ3v) is 19.3. The van der Waals surface area contributed by atoms with Gasteiger partial charge in [-0.15, -0.1) is 0 Å². The average molecular weight is 1380 g/mol. The highest BCUT2D eigenvalue weighted by Crippen LogP contribution is 2.25. The summed E-state index contributed by atoms with van der Waals surface area (Å²) in [6, 6.07) is 11.2. The van der Waals surface area contributed by atoms with Gasteiger partial charge in [0, 0.05) is 24.3 Å². The van der Waals surface area contributed by atoms with Gasteiger partial charge in [-0.1, -0.05) is 200 Å². The molecule has 2 saturated heterocycles. The van der Waals surface area contributed by atoms with E-state index in [2.05, 4.69) is 48.8 Å². The maximum absolute atomic E-state index is 13.6. The van der Waals surface area contributed by atoms with Gasteiger partial charge in [-0.3, -0.25) is 38.6 Å². The minimum atomic E-state index is -1.09. The van der Waals surface area contributed by atoms with E-state index in [1.807, 2.05) is 9.80 Å². The van der Waals surface area contributed by atoms with E-state index < -0.39 is 36.0 Å². The van der Waals surface area contributed by atoms with Gasteiger partial charge in [-0.05, 0) is 151 Å². The summed E-state index contributed by atoms with van der Waals surface area (Å²) < 4.78 is 32.9. The maximum Gasteiger partial charge on any atom is 0.329 e. The molecule has 2 aliphatic rings. The van der Waals surface area contributed by atoms with E-state index in [1.165, 1.54) is 111 Å². The van der Waals surface area contributed by atoms with Gasteiger partial charge in [0.1, 0.15) is 50.0 Å². The van der Waals surface area contributed by atoms with Crippen molar-refractivity contribution in [2.24, 2.45) is 0 Å². The first-order valence-corrected chi connectivity index (χ1v) is 39.2. The monoisotopic (exact) mass is 1370 g/mol. The van der Waals surface area contributed by atoms with Crippen LogP contribution in [-0.4, -0.2) is 147 Å². The molecule has 4 rings (SSSR count). The molecule has 2 aromatic rings. The molecule has 2 heterocycles. The highest BCUT2D eigenvalue weighted by molar-refractivity contribution is 8.76. The number of rotatable bonds is 55. The highest BCUT2D eigenvalue weighted by atomic mass is 33.1. The van der Waals surface area contributed by atoms with Crippen LogP contribution in [0, 0.1) is 0 Å². The van der Waals surface area contributed by atoms with E-state index in [0.717, 1.165) is 142 Å². The van der Waals surface area contributed by atoms with Gasteiger partial charge >= 0.3 is 35.8 Å². The molecular weight excluding hydrogens is 1260 g/mol. The number of likely N-dealkylation sites (tertiary alicyclic amines) is 2. The van der Waals surface area contributed by atoms with Gasteiger partial charge in [0.25, 0.3) is 0 Å². The van der Waals surface area contributed by atoms with Crippen molar-refractivity contribution in [3.05, 3.63) is 84.0 Å². The Morgan fingerprint density at radius 2 is 0.708 bits per heavy atom. The third-order valence-electron chi connectivity index (χ3n) is 16.9. The summed E-state index contributed by atoms with van der Waals surface area (Å²) in [5.41, 5.74) is 1.29. The van der Waals surface area contributed by atoms with Crippen LogP contribution in [0.3, 0.4) is 0 Å². The van der Waals surface area contributed by atoms with Crippen LogP contribution in [0.2, 0.25) is 0 Å². The second-order valence-corrected chi connectivity index (χ2v) is 28.1. The van der Waals surface area contributed by atoms with Crippen LogP contribution in [0.5, 0.6) is 11.5 Å². The molecule has 0 aromatic heterocycles. The summed E-state index contributed by atoms with van der Waals surface area (Å²) in [6.07, 6.45) is 46.6. The molecule has 2 amide bonds. The van der Waals surface area contributed by atoms with Crippen LogP contribution in [0.1, 0.15) is 243 Å². The lowest BCUT2D eigenvalue weighted by molar-refractivity contribution is -0.153. The zero-order valence-electron chi connectivity index (χ0n) is 58.5. The summed E-state index contributed by atoms with van der Waals surface area (Å²) in [6.45, 7) is 6.82. The lowest BCUT2D eigenvalue weighted by Crippen LogP contribution is -2.49. The van der Waals surface area contributed by atoms with Crippen molar-refractivity contribution in [3.8, 4) is 11.5 Å². The Kier molecular flexibility index (Phi) is 47.6. The summed E-state index contributed by atoms with van der Waals surface area (Å²) >= 11 is 0. The lowest BCUT2D eigenvalue weighted by atomic mass is 10.1. The molecule has 0 aliphatic carbocycles. The van der Waals surface area contributed by atoms with Crippen molar-refractivity contribution in [3.63, 3.8) is 0 Å². The van der Waals surface area contributed by atoms with E-state index in [-0.39, 0.29) is 87.6 Å². The van der Waals surface area contributed by atoms with Gasteiger partial charge in [0.2, 0.25) is 11.8 Å². The topological polar surface area (TPSA) is 222 Å². The summed E-state index contributed by atoms with van der Waals surface area (Å²) in [7, 11) is 2.40. The highest BCUT2D eigenvalue weighted by Gasteiger charge is 2.28. The first-order chi connectivity index (χ1) is 46.9. The van der Waals surface area contributed by atoms with Gasteiger partial charge in [-0.2, -0.15) is 0 Å². The maximum atomic E-state index is 13.6. The summed E-state index contributed by atoms with van der Waals surface area (Å²) in [5, 5.41) is 5.63. The number of esters is 6. The normalized spacial score (nSPS) is 14.2. The minimum absolute atomic E-state index is 0.0451. The molecular formula is C76H118N4O14S2. The number of allylic oxidation sites excluding steroid dienone is 4. The van der Waals surface area contributed by atoms with Crippen molar-refractivity contribution in [2.45, 2.75) is 257 Å². The molecule has 0 saturated carbocycles. The van der Waals surface area contributed by atoms with Gasteiger partial charge in [0.05, 0.1) is 25.9 Å². The standard InChI is InChI=1S/C76H118N4O14S2/c1-3-5-7-9-11-13-15-17-19-21-23-25-27-29-33-39-71(83)93-65-45-41-63(42-46-65)57-73(85)89-53-55-91-75(87)67(77-69(81)59-79-49-35-31-36-50-79)61-95-96-62-68(78-70(82)60-80-51-37-32-38-52-80)76(88)92-56-54-90-74(86)58-64-43-47-66(48-44-64)94-72(84)40-34-30-28-26-24-22-20-18-16-14-12-10-8-6-4-2/h17-20,41-48,67-68H,3-16,21-40,49-62H2,1-2H3,(H,77,81)(H,78,82)/b19-17-,20-18-. The first-order valence-electron chi connectivity index (χ1n) is 36.7. The fraction of sp³-hybridized carbons (Fsp3) is 0.684. The molecule has 96 heavy (non-hydrogen) atoms. The Bertz CT molecular complexity index is 2350. The largest absolute Gasteiger partial charge is 0.462 e. The molecule has 2 atom stereocenters. The molecule has 0 bridgehead atoms. The number of carbonyl (C=O) groups is 8. The number of ether oxygens (including phenoxy) is 6. The van der Waals surface area contributed by atoms with Gasteiger partial charge in [-0.25, -0.2) is 9.59 Å². The third kappa shape index (κ3) is 42.9. The molecule has 18 nitrogen and oxygen atoms in total. The summed E-state index contributed by atoms with van der Waals surface area (Å²) in [4.78, 5) is 109. The fourth-order valence-electron chi connectivity index (χ4n) is 11.3. The number of piperidine rings is 2. The Morgan fingerprint density at radius 1 is 0.396 bits per heavy atom. The Labute approximate surface area is 583 Å². The molecule has 2 aromatic carbocycles. The van der Waals surface area contributed by atoms with E-state index >= 15 is 0 Å². The van der Waals surface area contributed by atoms with Crippen molar-refractivity contribution in [1.82, 2.24) is 20.4 Å². The second kappa shape index (κ2) is 55.2. The minimum Gasteiger partial charge on any atom is -0.462 e. The van der Waals surface area contributed by atoms with Crippen molar-refractivity contribution < 1.29 is 66.8 Å². The van der Waals surface area contributed by atoms with E-state index in [9.17, 15) is 38.4 Å². The SMILES string of the molecule is CCCCCCCC/C=C\CCCCCCCC(=O)Oc1ccc(CC(=O)OCCOC(=O)C(CSSCC(NC(=O)CN2CCCCC2)C(=O)OCCOC(=O)Cc2ccc(OC(=O)CCCCCCC/C=C\CCCCCCCC)cc2)NC(=O)CN2CCCCC2)cc1. The van der Waals surface area contributed by atoms with Crippen molar-refractivity contribution in [1.29, 1.82) is 0 Å². The van der Waals surface area contributed by atoms with E-state index in [0.29, 0.717) is 35.5 Å². The summed E-state index contributed by atoms with van der Waals surface area (Å²) in [5.74, 6) is -2.96. The molecule has 20 heteroatoms. The second-order valence-electron chi connectivity index (χ2n) is 25.5. The molecule has 0 spiro atoms. The molecule has 538 valence electrons. The molecule has 2 unspecified atom stereocenters. The fourth-order valence-corrected chi connectivity index (χ4v) is 13.6. The van der Waals surface area contributed by atoms with Crippen LogP contribution < -0.4 is 20.1 Å². The number of hydrogen-bond donors (Lipinski definition) is 2. The Hall–Kier alpha value is -5.70. The number of amides is 2. The van der Waals surface area contributed by atoms with Crippen LogP contribution in [0.15, 0.2) is 72.8 Å². The van der Waals surface area contributed by atoms with E-state index in [1.54, 1.807) is 48.5 Å². The quantitative estimate of drug-likeness (QED) is 0.0157. The zero-order chi connectivity index (χ0) is 68.7. The molecule has 2 N–H and O–H groups in total. The number of unbranched alkanes of at least 4 members (excludes halogenated alkanes) is 22. The van der Waals surface area contributed by atoms with Crippen LogP contribution in [0.25, 0.3) is 0 Å². The molecule has 0 radical (unpaired) electrons. The average Bonchev–Trinajstić information content (AvgIpc) is 1.65. The Balaban J connectivity index is 1.14. The lowest BCUT2D eigenvalue weighted by Gasteiger charge is -2.27. The molecule has 2 fully saturated rings. The number of benzene rings is 2. The predicted octanol–water partition coefficient (Wildman–Crippen LogP) is 14.9. The predicted molar refractivity (Wildman–Crippen MR) is 384 cm³/mol. The van der Waals surface area contributed by atoms with E-state index in [4.69, 9.17) is 28.4 Å². The smallest absolute Gasteiger partial charge is 0.329 e. The van der Waals surface area contributed by atoms with Crippen molar-refractivity contribution in [2.75, 3.05) is 77.2 Å². The van der Waals surface area contributed by atoms with Crippen LogP contribution in [-0.2, 0) is 70.1 Å². The zero-order valence-corrected chi connectivity index (χ0v) is 60.1. The Morgan fingerprint density at radius 3 is 1.05 bits per heavy atom. The number of hydrogen-bond acceptors (Lipinski definition) is 18. The van der Waals surface area contributed by atoms with Gasteiger partial charge < -0.3 is 39.1 Å². The van der Waals surface area contributed by atoms with Crippen LogP contribution in [0.4, 0.5) is 0 Å². The number of nitrogens with one attached hydrogen (secondary N) is 2. The van der Waals surface area contributed by atoms with Crippen LogP contribution >= 0.6 is 21.6 Å². The number of nitrogens with zero attached hydrogens (tertiary/aromatic N) is 2. The van der Waals surface area contributed by atoms with Crippen molar-refractivity contribution >= 4 is 69.2 Å².